The lowest BCUT2D eigenvalue weighted by molar-refractivity contribution is 0.204. The first kappa shape index (κ1) is 15.9. The van der Waals surface area contributed by atoms with Gasteiger partial charge in [-0.05, 0) is 30.0 Å². The molecule has 0 aromatic carbocycles. The average molecular weight is 265 g/mol. The van der Waals surface area contributed by atoms with Gasteiger partial charge in [0, 0.05) is 32.4 Å². The normalized spacial score (nSPS) is 11.1. The Morgan fingerprint density at radius 2 is 2.11 bits per heavy atom. The quantitative estimate of drug-likeness (QED) is 0.783. The lowest BCUT2D eigenvalue weighted by Crippen LogP contribution is -2.32. The second kappa shape index (κ2) is 8.12. The molecule has 1 heterocycles. The van der Waals surface area contributed by atoms with Crippen LogP contribution < -0.4 is 10.6 Å². The van der Waals surface area contributed by atoms with Crippen molar-refractivity contribution >= 4 is 5.82 Å². The van der Waals surface area contributed by atoms with E-state index in [9.17, 15) is 0 Å². The molecule has 19 heavy (non-hydrogen) atoms. The molecule has 0 unspecified atom stereocenters. The van der Waals surface area contributed by atoms with E-state index in [2.05, 4.69) is 37.8 Å². The summed E-state index contributed by atoms with van der Waals surface area (Å²) in [6, 6.07) is 4.19. The van der Waals surface area contributed by atoms with Crippen molar-refractivity contribution in [1.82, 2.24) is 4.98 Å². The second-order valence-electron chi connectivity index (χ2n) is 5.22. The first-order chi connectivity index (χ1) is 9.10. The zero-order chi connectivity index (χ0) is 14.3. The molecule has 4 nitrogen and oxygen atoms in total. The summed E-state index contributed by atoms with van der Waals surface area (Å²) < 4.78 is 5.19. The fourth-order valence-electron chi connectivity index (χ4n) is 2.04. The number of aromatic nitrogens is 1. The van der Waals surface area contributed by atoms with Gasteiger partial charge in [-0.3, -0.25) is 0 Å². The third-order valence-corrected chi connectivity index (χ3v) is 3.00. The second-order valence-corrected chi connectivity index (χ2v) is 5.22. The Morgan fingerprint density at radius 1 is 1.37 bits per heavy atom. The lowest BCUT2D eigenvalue weighted by Gasteiger charge is -2.26. The Hall–Kier alpha value is -1.13. The number of rotatable bonds is 8. The van der Waals surface area contributed by atoms with Crippen LogP contribution in [0.2, 0.25) is 0 Å². The first-order valence-corrected chi connectivity index (χ1v) is 7.04. The maximum atomic E-state index is 5.77. The standard InChI is InChI=1S/C15H27N3O/c1-5-14-8-13(10-16)9-15(17-14)18(6-7-19-4)11-12(2)3/h8-9,12H,5-7,10-11,16H2,1-4H3. The van der Waals surface area contributed by atoms with Crippen LogP contribution in [0, 0.1) is 5.92 Å². The number of anilines is 1. The highest BCUT2D eigenvalue weighted by molar-refractivity contribution is 5.43. The molecule has 0 bridgehead atoms. The molecule has 1 aromatic rings. The van der Waals surface area contributed by atoms with Gasteiger partial charge in [0.25, 0.3) is 0 Å². The highest BCUT2D eigenvalue weighted by Gasteiger charge is 2.11. The van der Waals surface area contributed by atoms with Crippen LogP contribution in [-0.2, 0) is 17.7 Å². The predicted octanol–water partition coefficient (Wildman–Crippen LogP) is 2.21. The smallest absolute Gasteiger partial charge is 0.129 e. The summed E-state index contributed by atoms with van der Waals surface area (Å²) in [6.45, 7) is 9.66. The molecule has 0 aliphatic heterocycles. The molecule has 1 aromatic heterocycles. The van der Waals surface area contributed by atoms with Crippen LogP contribution in [0.3, 0.4) is 0 Å². The maximum absolute atomic E-state index is 5.77. The molecule has 0 spiro atoms. The number of ether oxygens (including phenoxy) is 1. The molecule has 0 saturated carbocycles. The van der Waals surface area contributed by atoms with Crippen LogP contribution >= 0.6 is 0 Å². The van der Waals surface area contributed by atoms with Crippen LogP contribution in [-0.4, -0.2) is 31.8 Å². The monoisotopic (exact) mass is 265 g/mol. The fourth-order valence-corrected chi connectivity index (χ4v) is 2.04. The minimum Gasteiger partial charge on any atom is -0.383 e. The number of hydrogen-bond donors (Lipinski definition) is 1. The van der Waals surface area contributed by atoms with Crippen molar-refractivity contribution in [2.75, 3.05) is 31.7 Å². The van der Waals surface area contributed by atoms with Gasteiger partial charge in [0.2, 0.25) is 0 Å². The average Bonchev–Trinajstić information content (AvgIpc) is 2.42. The number of pyridine rings is 1. The van der Waals surface area contributed by atoms with Gasteiger partial charge in [0.15, 0.2) is 0 Å². The van der Waals surface area contributed by atoms with Gasteiger partial charge in [-0.2, -0.15) is 0 Å². The molecular weight excluding hydrogens is 238 g/mol. The molecule has 0 radical (unpaired) electrons. The minimum absolute atomic E-state index is 0.558. The van der Waals surface area contributed by atoms with E-state index in [1.165, 1.54) is 0 Å². The van der Waals surface area contributed by atoms with E-state index >= 15 is 0 Å². The van der Waals surface area contributed by atoms with Crippen LogP contribution in [0.25, 0.3) is 0 Å². The Morgan fingerprint density at radius 3 is 2.63 bits per heavy atom. The van der Waals surface area contributed by atoms with E-state index in [1.54, 1.807) is 7.11 Å². The summed E-state index contributed by atoms with van der Waals surface area (Å²) in [5, 5.41) is 0. The lowest BCUT2D eigenvalue weighted by atomic mass is 10.1. The van der Waals surface area contributed by atoms with Gasteiger partial charge in [0.05, 0.1) is 6.61 Å². The van der Waals surface area contributed by atoms with Crippen molar-refractivity contribution < 1.29 is 4.74 Å². The highest BCUT2D eigenvalue weighted by Crippen LogP contribution is 2.17. The van der Waals surface area contributed by atoms with E-state index in [4.69, 9.17) is 15.5 Å². The Bertz CT molecular complexity index is 357. The van der Waals surface area contributed by atoms with E-state index in [1.807, 2.05) is 0 Å². The maximum Gasteiger partial charge on any atom is 0.129 e. The van der Waals surface area contributed by atoms with Crippen molar-refractivity contribution in [3.05, 3.63) is 23.4 Å². The largest absolute Gasteiger partial charge is 0.383 e. The molecule has 0 atom stereocenters. The predicted molar refractivity (Wildman–Crippen MR) is 80.4 cm³/mol. The molecule has 0 aliphatic rings. The van der Waals surface area contributed by atoms with Gasteiger partial charge in [-0.25, -0.2) is 4.98 Å². The number of aryl methyl sites for hydroxylation is 1. The van der Waals surface area contributed by atoms with Crippen molar-refractivity contribution in [2.24, 2.45) is 11.7 Å². The molecule has 0 aliphatic carbocycles. The molecule has 0 amide bonds. The molecule has 0 saturated heterocycles. The molecule has 1 rings (SSSR count). The van der Waals surface area contributed by atoms with Gasteiger partial charge in [-0.1, -0.05) is 20.8 Å². The van der Waals surface area contributed by atoms with E-state index in [-0.39, 0.29) is 0 Å². The van der Waals surface area contributed by atoms with Crippen molar-refractivity contribution in [2.45, 2.75) is 33.7 Å². The third kappa shape index (κ3) is 5.17. The molecular formula is C15H27N3O. The minimum atomic E-state index is 0.558. The molecule has 0 fully saturated rings. The Balaban J connectivity index is 2.98. The van der Waals surface area contributed by atoms with E-state index in [0.29, 0.717) is 19.1 Å². The number of hydrogen-bond acceptors (Lipinski definition) is 4. The van der Waals surface area contributed by atoms with Crippen molar-refractivity contribution in [3.63, 3.8) is 0 Å². The van der Waals surface area contributed by atoms with Crippen LogP contribution in [0.5, 0.6) is 0 Å². The van der Waals surface area contributed by atoms with Crippen molar-refractivity contribution in [3.8, 4) is 0 Å². The van der Waals surface area contributed by atoms with Gasteiger partial charge in [0.1, 0.15) is 5.82 Å². The van der Waals surface area contributed by atoms with Gasteiger partial charge in [-0.15, -0.1) is 0 Å². The fraction of sp³-hybridized carbons (Fsp3) is 0.667. The topological polar surface area (TPSA) is 51.4 Å². The Kier molecular flexibility index (Phi) is 6.81. The summed E-state index contributed by atoms with van der Waals surface area (Å²) in [5.74, 6) is 1.61. The van der Waals surface area contributed by atoms with Crippen LogP contribution in [0.1, 0.15) is 32.0 Å². The SMILES string of the molecule is CCc1cc(CN)cc(N(CCOC)CC(C)C)n1. The third-order valence-electron chi connectivity index (χ3n) is 3.00. The van der Waals surface area contributed by atoms with Gasteiger partial charge >= 0.3 is 0 Å². The number of nitrogens with zero attached hydrogens (tertiary/aromatic N) is 2. The Labute approximate surface area is 117 Å². The summed E-state index contributed by atoms with van der Waals surface area (Å²) >= 11 is 0. The summed E-state index contributed by atoms with van der Waals surface area (Å²) in [4.78, 5) is 7.01. The van der Waals surface area contributed by atoms with Gasteiger partial charge < -0.3 is 15.4 Å². The summed E-state index contributed by atoms with van der Waals surface area (Å²) in [7, 11) is 1.73. The first-order valence-electron chi connectivity index (χ1n) is 7.04. The number of methoxy groups -OCH3 is 1. The number of nitrogens with two attached hydrogens (primary N) is 1. The molecule has 108 valence electrons. The van der Waals surface area contributed by atoms with E-state index in [0.717, 1.165) is 36.6 Å². The summed E-state index contributed by atoms with van der Waals surface area (Å²) in [5.41, 5.74) is 8.02. The zero-order valence-electron chi connectivity index (χ0n) is 12.6. The molecule has 2 N–H and O–H groups in total. The van der Waals surface area contributed by atoms with E-state index < -0.39 is 0 Å². The zero-order valence-corrected chi connectivity index (χ0v) is 12.6. The molecule has 4 heteroatoms. The van der Waals surface area contributed by atoms with Crippen LogP contribution in [0.4, 0.5) is 5.82 Å². The summed E-state index contributed by atoms with van der Waals surface area (Å²) in [6.07, 6.45) is 0.931. The highest BCUT2D eigenvalue weighted by atomic mass is 16.5. The van der Waals surface area contributed by atoms with Crippen LogP contribution in [0.15, 0.2) is 12.1 Å². The van der Waals surface area contributed by atoms with Crippen molar-refractivity contribution in [1.29, 1.82) is 0 Å².